The van der Waals surface area contributed by atoms with Gasteiger partial charge in [0.05, 0.1) is 6.54 Å². The van der Waals surface area contributed by atoms with E-state index in [0.29, 0.717) is 12.5 Å². The van der Waals surface area contributed by atoms with Gasteiger partial charge in [-0.15, -0.1) is 0 Å². The first-order valence-corrected chi connectivity index (χ1v) is 7.95. The van der Waals surface area contributed by atoms with Gasteiger partial charge in [0.15, 0.2) is 0 Å². The first-order valence-electron chi connectivity index (χ1n) is 7.95. The van der Waals surface area contributed by atoms with Crippen molar-refractivity contribution in [3.63, 3.8) is 0 Å². The van der Waals surface area contributed by atoms with E-state index in [1.165, 1.54) is 18.4 Å². The van der Waals surface area contributed by atoms with Gasteiger partial charge in [0.2, 0.25) is 5.91 Å². The molecule has 1 fully saturated rings. The Morgan fingerprint density at radius 2 is 1.95 bits per heavy atom. The van der Waals surface area contributed by atoms with Crippen molar-refractivity contribution >= 4 is 11.6 Å². The Bertz CT molecular complexity index is 438. The van der Waals surface area contributed by atoms with Gasteiger partial charge < -0.3 is 10.6 Å². The summed E-state index contributed by atoms with van der Waals surface area (Å²) in [4.78, 5) is 14.2. The lowest BCUT2D eigenvalue weighted by Gasteiger charge is -2.27. The highest BCUT2D eigenvalue weighted by Crippen LogP contribution is 2.13. The van der Waals surface area contributed by atoms with E-state index in [4.69, 9.17) is 0 Å². The van der Waals surface area contributed by atoms with Crippen LogP contribution in [0.2, 0.25) is 0 Å². The van der Waals surface area contributed by atoms with Crippen LogP contribution < -0.4 is 10.6 Å². The summed E-state index contributed by atoms with van der Waals surface area (Å²) in [6, 6.07) is 8.08. The van der Waals surface area contributed by atoms with E-state index in [0.717, 1.165) is 31.7 Å². The first kappa shape index (κ1) is 16.0. The third kappa shape index (κ3) is 5.48. The maximum atomic E-state index is 12.1. The summed E-state index contributed by atoms with van der Waals surface area (Å²) in [5, 5.41) is 6.34. The fourth-order valence-electron chi connectivity index (χ4n) is 2.84. The minimum atomic E-state index is 0.0654. The summed E-state index contributed by atoms with van der Waals surface area (Å²) >= 11 is 0. The van der Waals surface area contributed by atoms with Gasteiger partial charge in [-0.1, -0.05) is 19.1 Å². The SMILES string of the molecule is CCc1ccc(NC(=O)CN(C)CC2CCNCC2)cc1. The highest BCUT2D eigenvalue weighted by molar-refractivity contribution is 5.92. The van der Waals surface area contributed by atoms with Crippen LogP contribution in [0, 0.1) is 5.92 Å². The number of carbonyl (C=O) groups excluding carboxylic acids is 1. The van der Waals surface area contributed by atoms with Crippen LogP contribution in [0.25, 0.3) is 0 Å². The van der Waals surface area contributed by atoms with E-state index >= 15 is 0 Å². The van der Waals surface area contributed by atoms with Crippen LogP contribution in [0.4, 0.5) is 5.69 Å². The predicted molar refractivity (Wildman–Crippen MR) is 87.5 cm³/mol. The smallest absolute Gasteiger partial charge is 0.238 e. The molecule has 0 spiro atoms. The molecule has 0 atom stereocenters. The Balaban J connectivity index is 1.74. The summed E-state index contributed by atoms with van der Waals surface area (Å²) in [7, 11) is 2.03. The molecule has 2 rings (SSSR count). The van der Waals surface area contributed by atoms with E-state index in [9.17, 15) is 4.79 Å². The van der Waals surface area contributed by atoms with Crippen molar-refractivity contribution in [2.24, 2.45) is 5.92 Å². The maximum Gasteiger partial charge on any atom is 0.238 e. The Kier molecular flexibility index (Phi) is 6.21. The lowest BCUT2D eigenvalue weighted by atomic mass is 9.98. The Hall–Kier alpha value is -1.39. The Morgan fingerprint density at radius 3 is 2.57 bits per heavy atom. The van der Waals surface area contributed by atoms with Crippen LogP contribution in [-0.2, 0) is 11.2 Å². The second kappa shape index (κ2) is 8.15. The van der Waals surface area contributed by atoms with Crippen LogP contribution in [0.15, 0.2) is 24.3 Å². The van der Waals surface area contributed by atoms with Crippen LogP contribution in [0.3, 0.4) is 0 Å². The quantitative estimate of drug-likeness (QED) is 0.843. The third-order valence-corrected chi connectivity index (χ3v) is 4.09. The zero-order valence-electron chi connectivity index (χ0n) is 13.2. The van der Waals surface area contributed by atoms with E-state index in [2.05, 4.69) is 34.6 Å². The molecule has 0 bridgehead atoms. The second-order valence-electron chi connectivity index (χ2n) is 5.99. The van der Waals surface area contributed by atoms with Crippen LogP contribution in [0.5, 0.6) is 0 Å². The molecule has 1 amide bonds. The molecular weight excluding hydrogens is 262 g/mol. The average Bonchev–Trinajstić information content (AvgIpc) is 2.48. The third-order valence-electron chi connectivity index (χ3n) is 4.09. The number of rotatable bonds is 6. The molecule has 2 N–H and O–H groups in total. The van der Waals surface area contributed by atoms with Crippen molar-refractivity contribution in [1.82, 2.24) is 10.2 Å². The molecule has 4 nitrogen and oxygen atoms in total. The molecule has 0 saturated carbocycles. The molecule has 1 aliphatic heterocycles. The highest BCUT2D eigenvalue weighted by Gasteiger charge is 2.16. The van der Waals surface area contributed by atoms with Gasteiger partial charge in [-0.05, 0) is 63.0 Å². The molecular formula is C17H27N3O. The van der Waals surface area contributed by atoms with Gasteiger partial charge in [0.1, 0.15) is 0 Å². The summed E-state index contributed by atoms with van der Waals surface area (Å²) < 4.78 is 0. The molecule has 1 aromatic rings. The number of aryl methyl sites for hydroxylation is 1. The van der Waals surface area contributed by atoms with Crippen LogP contribution in [-0.4, -0.2) is 44.0 Å². The van der Waals surface area contributed by atoms with Crippen LogP contribution >= 0.6 is 0 Å². The van der Waals surface area contributed by atoms with E-state index in [1.54, 1.807) is 0 Å². The normalized spacial score (nSPS) is 16.1. The van der Waals surface area contributed by atoms with E-state index < -0.39 is 0 Å². The monoisotopic (exact) mass is 289 g/mol. The minimum Gasteiger partial charge on any atom is -0.325 e. The summed E-state index contributed by atoms with van der Waals surface area (Å²) in [6.45, 7) is 5.80. The van der Waals surface area contributed by atoms with Gasteiger partial charge >= 0.3 is 0 Å². The number of piperidine rings is 1. The summed E-state index contributed by atoms with van der Waals surface area (Å²) in [5.41, 5.74) is 2.17. The van der Waals surface area contributed by atoms with Crippen molar-refractivity contribution in [3.05, 3.63) is 29.8 Å². The molecule has 0 radical (unpaired) electrons. The van der Waals surface area contributed by atoms with Gasteiger partial charge in [0.25, 0.3) is 0 Å². The number of anilines is 1. The van der Waals surface area contributed by atoms with Gasteiger partial charge in [-0.2, -0.15) is 0 Å². The predicted octanol–water partition coefficient (Wildman–Crippen LogP) is 2.12. The lowest BCUT2D eigenvalue weighted by molar-refractivity contribution is -0.117. The zero-order chi connectivity index (χ0) is 15.1. The molecule has 1 saturated heterocycles. The fourth-order valence-corrected chi connectivity index (χ4v) is 2.84. The molecule has 21 heavy (non-hydrogen) atoms. The Morgan fingerprint density at radius 1 is 1.29 bits per heavy atom. The molecule has 116 valence electrons. The van der Waals surface area contributed by atoms with Crippen molar-refractivity contribution in [1.29, 1.82) is 0 Å². The number of nitrogens with one attached hydrogen (secondary N) is 2. The highest BCUT2D eigenvalue weighted by atomic mass is 16.2. The van der Waals surface area contributed by atoms with Gasteiger partial charge in [0, 0.05) is 12.2 Å². The Labute approximate surface area is 127 Å². The number of hydrogen-bond acceptors (Lipinski definition) is 3. The summed E-state index contributed by atoms with van der Waals surface area (Å²) in [6.07, 6.45) is 3.45. The van der Waals surface area contributed by atoms with E-state index in [1.807, 2.05) is 19.2 Å². The molecule has 1 aromatic carbocycles. The second-order valence-corrected chi connectivity index (χ2v) is 5.99. The number of nitrogens with zero attached hydrogens (tertiary/aromatic N) is 1. The number of hydrogen-bond donors (Lipinski definition) is 2. The van der Waals surface area contributed by atoms with Gasteiger partial charge in [-0.25, -0.2) is 0 Å². The van der Waals surface area contributed by atoms with Crippen molar-refractivity contribution in [2.45, 2.75) is 26.2 Å². The van der Waals surface area contributed by atoms with Crippen molar-refractivity contribution in [3.8, 4) is 0 Å². The maximum absolute atomic E-state index is 12.1. The number of carbonyl (C=O) groups is 1. The fraction of sp³-hybridized carbons (Fsp3) is 0.588. The lowest BCUT2D eigenvalue weighted by Crippen LogP contribution is -2.37. The standard InChI is InChI=1S/C17H27N3O/c1-3-14-4-6-16(7-5-14)19-17(21)13-20(2)12-15-8-10-18-11-9-15/h4-7,15,18H,3,8-13H2,1-2H3,(H,19,21). The molecule has 0 unspecified atom stereocenters. The van der Waals surface area contributed by atoms with Gasteiger partial charge in [-0.3, -0.25) is 9.69 Å². The zero-order valence-corrected chi connectivity index (χ0v) is 13.2. The average molecular weight is 289 g/mol. The first-order chi connectivity index (χ1) is 10.2. The summed E-state index contributed by atoms with van der Waals surface area (Å²) in [5.74, 6) is 0.781. The molecule has 4 heteroatoms. The molecule has 0 aliphatic carbocycles. The van der Waals surface area contributed by atoms with Crippen molar-refractivity contribution in [2.75, 3.05) is 38.5 Å². The number of amides is 1. The number of likely N-dealkylation sites (N-methyl/N-ethyl adjacent to an activating group) is 1. The molecule has 0 aromatic heterocycles. The van der Waals surface area contributed by atoms with Crippen molar-refractivity contribution < 1.29 is 4.79 Å². The van der Waals surface area contributed by atoms with E-state index in [-0.39, 0.29) is 5.91 Å². The largest absolute Gasteiger partial charge is 0.325 e. The minimum absolute atomic E-state index is 0.0654. The molecule has 1 aliphatic rings. The van der Waals surface area contributed by atoms with Crippen LogP contribution in [0.1, 0.15) is 25.3 Å². The topological polar surface area (TPSA) is 44.4 Å². The molecule has 1 heterocycles. The number of benzene rings is 1.